The topological polar surface area (TPSA) is 111 Å². The van der Waals surface area contributed by atoms with Crippen molar-refractivity contribution in [3.63, 3.8) is 0 Å². The van der Waals surface area contributed by atoms with E-state index in [4.69, 9.17) is 14.2 Å². The van der Waals surface area contributed by atoms with Gasteiger partial charge in [0.05, 0.1) is 6.04 Å². The zero-order valence-corrected chi connectivity index (χ0v) is 23.5. The van der Waals surface area contributed by atoms with Crippen molar-refractivity contribution < 1.29 is 33.7 Å². The number of ketones is 1. The molecule has 1 heterocycles. The normalized spacial score (nSPS) is 17.0. The van der Waals surface area contributed by atoms with Crippen LogP contribution in [-0.2, 0) is 38.5 Å². The highest BCUT2D eigenvalue weighted by Gasteiger charge is 2.42. The molecule has 3 aromatic rings. The Kier molecular flexibility index (Phi) is 9.45. The summed E-state index contributed by atoms with van der Waals surface area (Å²) in [4.78, 5) is 38.5. The van der Waals surface area contributed by atoms with Crippen LogP contribution in [0.3, 0.4) is 0 Å². The summed E-state index contributed by atoms with van der Waals surface area (Å²) in [6.07, 6.45) is -0.917. The fraction of sp³-hybridized carbons (Fsp3) is 0.303. The van der Waals surface area contributed by atoms with Crippen molar-refractivity contribution in [3.8, 4) is 5.75 Å². The summed E-state index contributed by atoms with van der Waals surface area (Å²) >= 11 is 0. The van der Waals surface area contributed by atoms with Crippen molar-refractivity contribution in [2.24, 2.45) is 0 Å². The number of rotatable bonds is 10. The number of aliphatic hydroxyl groups is 1. The molecule has 41 heavy (non-hydrogen) atoms. The van der Waals surface area contributed by atoms with Crippen LogP contribution in [0.25, 0.3) is 0 Å². The van der Waals surface area contributed by atoms with Gasteiger partial charge in [0.2, 0.25) is 5.78 Å². The lowest BCUT2D eigenvalue weighted by Crippen LogP contribution is -2.42. The molecule has 0 spiro atoms. The molecule has 8 heteroatoms. The predicted molar refractivity (Wildman–Crippen MR) is 153 cm³/mol. The van der Waals surface area contributed by atoms with E-state index >= 15 is 0 Å². The van der Waals surface area contributed by atoms with Crippen molar-refractivity contribution >= 4 is 17.8 Å². The predicted octanol–water partition coefficient (Wildman–Crippen LogP) is 5.64. The van der Waals surface area contributed by atoms with E-state index in [1.54, 1.807) is 45.0 Å². The van der Waals surface area contributed by atoms with Crippen molar-refractivity contribution in [1.82, 2.24) is 5.32 Å². The van der Waals surface area contributed by atoms with Gasteiger partial charge < -0.3 is 24.6 Å². The SMILES string of the molecule is CC(C)(C)OC(=O)N[C@H](Cc1ccc(OCc2ccccc2)cc1)C(O)=C1C(=O)O[C@H](CCc2ccccc2)C1=O. The molecule has 0 bridgehead atoms. The van der Waals surface area contributed by atoms with Crippen LogP contribution < -0.4 is 10.1 Å². The zero-order valence-electron chi connectivity index (χ0n) is 23.5. The first kappa shape index (κ1) is 29.4. The molecule has 0 radical (unpaired) electrons. The van der Waals surface area contributed by atoms with Gasteiger partial charge in [-0.05, 0) is 62.4 Å². The van der Waals surface area contributed by atoms with Gasteiger partial charge in [-0.15, -0.1) is 0 Å². The lowest BCUT2D eigenvalue weighted by molar-refractivity contribution is -0.141. The number of benzene rings is 3. The van der Waals surface area contributed by atoms with Crippen LogP contribution in [0.15, 0.2) is 96.3 Å². The monoisotopic (exact) mass is 557 g/mol. The second-order valence-electron chi connectivity index (χ2n) is 10.9. The number of cyclic esters (lactones) is 1. The molecule has 2 N–H and O–H groups in total. The molecule has 1 fully saturated rings. The number of carbonyl (C=O) groups is 3. The Bertz CT molecular complexity index is 1380. The molecule has 1 saturated heterocycles. The van der Waals surface area contributed by atoms with Gasteiger partial charge in [0.15, 0.2) is 6.10 Å². The third-order valence-corrected chi connectivity index (χ3v) is 6.42. The van der Waals surface area contributed by atoms with Crippen LogP contribution in [0.2, 0.25) is 0 Å². The third kappa shape index (κ3) is 8.45. The van der Waals surface area contributed by atoms with Crippen LogP contribution in [0.4, 0.5) is 4.79 Å². The Labute approximate surface area is 239 Å². The Hall–Kier alpha value is -4.59. The van der Waals surface area contributed by atoms with Gasteiger partial charge in [-0.25, -0.2) is 9.59 Å². The highest BCUT2D eigenvalue weighted by molar-refractivity contribution is 6.23. The van der Waals surface area contributed by atoms with Gasteiger partial charge in [0, 0.05) is 6.42 Å². The van der Waals surface area contributed by atoms with Crippen LogP contribution in [0.1, 0.15) is 43.9 Å². The van der Waals surface area contributed by atoms with Crippen LogP contribution in [-0.4, -0.2) is 40.7 Å². The highest BCUT2D eigenvalue weighted by Crippen LogP contribution is 2.26. The number of Topliss-reactive ketones (excluding diaryl/α,β-unsaturated/α-hetero) is 1. The minimum atomic E-state index is -1.11. The molecular weight excluding hydrogens is 522 g/mol. The molecule has 8 nitrogen and oxygen atoms in total. The van der Waals surface area contributed by atoms with Crippen LogP contribution >= 0.6 is 0 Å². The summed E-state index contributed by atoms with van der Waals surface area (Å²) in [7, 11) is 0. The first-order valence-corrected chi connectivity index (χ1v) is 13.6. The van der Waals surface area contributed by atoms with E-state index in [1.807, 2.05) is 60.7 Å². The first-order chi connectivity index (χ1) is 19.6. The minimum absolute atomic E-state index is 0.0861. The minimum Gasteiger partial charge on any atom is -0.509 e. The Morgan fingerprint density at radius 2 is 1.51 bits per heavy atom. The number of hydrogen-bond acceptors (Lipinski definition) is 7. The lowest BCUT2D eigenvalue weighted by atomic mass is 9.97. The zero-order chi connectivity index (χ0) is 29.4. The number of amides is 1. The van der Waals surface area contributed by atoms with E-state index in [0.29, 0.717) is 18.8 Å². The van der Waals surface area contributed by atoms with E-state index in [2.05, 4.69) is 5.32 Å². The maximum absolute atomic E-state index is 13.2. The Morgan fingerprint density at radius 3 is 2.12 bits per heavy atom. The second-order valence-corrected chi connectivity index (χ2v) is 10.9. The maximum Gasteiger partial charge on any atom is 0.408 e. The number of aryl methyl sites for hydroxylation is 1. The van der Waals surface area contributed by atoms with Gasteiger partial charge in [-0.2, -0.15) is 0 Å². The lowest BCUT2D eigenvalue weighted by Gasteiger charge is -2.24. The summed E-state index contributed by atoms with van der Waals surface area (Å²) in [6.45, 7) is 5.54. The Morgan fingerprint density at radius 1 is 0.902 bits per heavy atom. The van der Waals surface area contributed by atoms with E-state index in [1.165, 1.54) is 0 Å². The van der Waals surface area contributed by atoms with E-state index < -0.39 is 46.9 Å². The number of ether oxygens (including phenoxy) is 3. The van der Waals surface area contributed by atoms with Crippen molar-refractivity contribution in [3.05, 3.63) is 113 Å². The van der Waals surface area contributed by atoms with Gasteiger partial charge >= 0.3 is 12.1 Å². The maximum atomic E-state index is 13.2. The Balaban J connectivity index is 1.50. The summed E-state index contributed by atoms with van der Waals surface area (Å²) < 4.78 is 16.5. The number of aliphatic hydroxyl groups excluding tert-OH is 1. The van der Waals surface area contributed by atoms with Gasteiger partial charge in [-0.1, -0.05) is 72.8 Å². The van der Waals surface area contributed by atoms with E-state index in [9.17, 15) is 19.5 Å². The number of nitrogens with one attached hydrogen (secondary N) is 1. The van der Waals surface area contributed by atoms with E-state index in [0.717, 1.165) is 16.7 Å². The summed E-state index contributed by atoms with van der Waals surface area (Å²) in [5.74, 6) is -1.43. The van der Waals surface area contributed by atoms with Crippen LogP contribution in [0, 0.1) is 0 Å². The van der Waals surface area contributed by atoms with Gasteiger partial charge in [0.25, 0.3) is 0 Å². The molecule has 0 saturated carbocycles. The first-order valence-electron chi connectivity index (χ1n) is 13.6. The number of esters is 1. The largest absolute Gasteiger partial charge is 0.509 e. The highest BCUT2D eigenvalue weighted by atomic mass is 16.6. The van der Waals surface area contributed by atoms with Crippen molar-refractivity contribution in [1.29, 1.82) is 0 Å². The molecule has 1 aliphatic heterocycles. The van der Waals surface area contributed by atoms with Crippen LogP contribution in [0.5, 0.6) is 5.75 Å². The molecule has 2 atom stereocenters. The summed E-state index contributed by atoms with van der Waals surface area (Å²) in [5.41, 5.74) is 1.51. The number of hydrogen-bond donors (Lipinski definition) is 2. The third-order valence-electron chi connectivity index (χ3n) is 6.42. The molecule has 214 valence electrons. The summed E-state index contributed by atoms with van der Waals surface area (Å²) in [6, 6.07) is 25.3. The number of alkyl carbamates (subject to hydrolysis) is 1. The number of carbonyl (C=O) groups excluding carboxylic acids is 3. The quantitative estimate of drug-likeness (QED) is 0.144. The van der Waals surface area contributed by atoms with Gasteiger partial charge in [0.1, 0.15) is 29.3 Å². The molecule has 4 rings (SSSR count). The average molecular weight is 558 g/mol. The standard InChI is InChI=1S/C33H35NO7/c1-33(2,3)41-32(38)34-26(20-23-14-17-25(18-15-23)39-21-24-12-8-5-9-13-24)29(35)28-30(36)27(40-31(28)37)19-16-22-10-6-4-7-11-22/h4-15,17-18,26-27,35H,16,19-21H2,1-3H3,(H,34,38)/t26-,27-/m1/s1. The molecule has 3 aromatic carbocycles. The van der Waals surface area contributed by atoms with Gasteiger partial charge in [-0.3, -0.25) is 4.79 Å². The fourth-order valence-corrected chi connectivity index (χ4v) is 4.40. The molecular formula is C33H35NO7. The summed E-state index contributed by atoms with van der Waals surface area (Å²) in [5, 5.41) is 13.8. The average Bonchev–Trinajstić information content (AvgIpc) is 3.23. The molecule has 0 aliphatic carbocycles. The van der Waals surface area contributed by atoms with Crippen molar-refractivity contribution in [2.75, 3.05) is 0 Å². The van der Waals surface area contributed by atoms with E-state index in [-0.39, 0.29) is 12.8 Å². The van der Waals surface area contributed by atoms with Crippen molar-refractivity contribution in [2.45, 2.75) is 64.4 Å². The molecule has 1 aliphatic rings. The smallest absolute Gasteiger partial charge is 0.408 e. The second kappa shape index (κ2) is 13.2. The fourth-order valence-electron chi connectivity index (χ4n) is 4.40. The molecule has 1 amide bonds. The molecule has 0 aromatic heterocycles. The molecule has 0 unspecified atom stereocenters.